The van der Waals surface area contributed by atoms with Gasteiger partial charge in [0.05, 0.1) is 4.90 Å². The van der Waals surface area contributed by atoms with Crippen molar-refractivity contribution < 1.29 is 17.9 Å². The molecule has 2 rings (SSSR count). The second-order valence-corrected chi connectivity index (χ2v) is 9.99. The molecule has 1 N–H and O–H groups in total. The summed E-state index contributed by atoms with van der Waals surface area (Å²) in [5.41, 5.74) is 1.74. The third-order valence-electron chi connectivity index (χ3n) is 4.30. The van der Waals surface area contributed by atoms with Crippen molar-refractivity contribution in [2.24, 2.45) is 0 Å². The fraction of sp³-hybridized carbons (Fsp3) is 0.381. The standard InChI is InChI=1S/C21H28N2O4S/c1-15(27-18-11-7-16(8-12-18)21(2,3)4)20(24)22-17-9-13-19(14-10-17)28(25,26)23(5)6/h7-15H,1-6H3,(H,22,24)/t15-/m1/s1. The largest absolute Gasteiger partial charge is 0.481 e. The normalized spacial score (nSPS) is 13.2. The molecule has 1 atom stereocenters. The molecule has 0 aliphatic carbocycles. The average Bonchev–Trinajstić information content (AvgIpc) is 2.61. The Bertz CT molecular complexity index is 912. The van der Waals surface area contributed by atoms with E-state index in [-0.39, 0.29) is 16.2 Å². The summed E-state index contributed by atoms with van der Waals surface area (Å²) in [6, 6.07) is 13.7. The van der Waals surface area contributed by atoms with Crippen molar-refractivity contribution in [3.8, 4) is 5.75 Å². The van der Waals surface area contributed by atoms with Gasteiger partial charge in [-0.2, -0.15) is 0 Å². The first-order valence-corrected chi connectivity index (χ1v) is 10.5. The molecule has 0 aliphatic heterocycles. The maximum Gasteiger partial charge on any atom is 0.265 e. The van der Waals surface area contributed by atoms with Crippen LogP contribution in [0, 0.1) is 0 Å². The van der Waals surface area contributed by atoms with Gasteiger partial charge in [-0.25, -0.2) is 12.7 Å². The van der Waals surface area contributed by atoms with E-state index in [4.69, 9.17) is 4.74 Å². The number of nitrogens with zero attached hydrogens (tertiary/aromatic N) is 1. The molecule has 0 bridgehead atoms. The highest BCUT2D eigenvalue weighted by atomic mass is 32.2. The SMILES string of the molecule is C[C@@H](Oc1ccc(C(C)(C)C)cc1)C(=O)Nc1ccc(S(=O)(=O)N(C)C)cc1. The van der Waals surface area contributed by atoms with Gasteiger partial charge in [0.1, 0.15) is 5.75 Å². The fourth-order valence-corrected chi connectivity index (χ4v) is 3.36. The van der Waals surface area contributed by atoms with E-state index in [0.717, 1.165) is 4.31 Å². The van der Waals surface area contributed by atoms with Gasteiger partial charge in [-0.15, -0.1) is 0 Å². The van der Waals surface area contributed by atoms with Crippen LogP contribution in [0.5, 0.6) is 5.75 Å². The number of anilines is 1. The second-order valence-electron chi connectivity index (χ2n) is 7.84. The predicted molar refractivity (Wildman–Crippen MR) is 111 cm³/mol. The van der Waals surface area contributed by atoms with Crippen molar-refractivity contribution in [3.63, 3.8) is 0 Å². The Balaban J connectivity index is 2.00. The van der Waals surface area contributed by atoms with Crippen LogP contribution in [0.2, 0.25) is 0 Å². The van der Waals surface area contributed by atoms with Crippen molar-refractivity contribution in [2.45, 2.75) is 44.1 Å². The van der Waals surface area contributed by atoms with E-state index in [1.54, 1.807) is 19.1 Å². The number of amides is 1. The molecular weight excluding hydrogens is 376 g/mol. The molecule has 0 saturated heterocycles. The summed E-state index contributed by atoms with van der Waals surface area (Å²) in [5.74, 6) is 0.297. The first-order valence-electron chi connectivity index (χ1n) is 9.02. The number of nitrogens with one attached hydrogen (secondary N) is 1. The summed E-state index contributed by atoms with van der Waals surface area (Å²) < 4.78 is 31.0. The summed E-state index contributed by atoms with van der Waals surface area (Å²) in [4.78, 5) is 12.5. The second kappa shape index (κ2) is 8.32. The molecule has 28 heavy (non-hydrogen) atoms. The first kappa shape index (κ1) is 21.9. The van der Waals surface area contributed by atoms with E-state index < -0.39 is 16.1 Å². The van der Waals surface area contributed by atoms with Gasteiger partial charge in [-0.3, -0.25) is 4.79 Å². The van der Waals surface area contributed by atoms with Crippen LogP contribution in [-0.4, -0.2) is 38.8 Å². The molecule has 2 aromatic carbocycles. The average molecular weight is 405 g/mol. The highest BCUT2D eigenvalue weighted by Crippen LogP contribution is 2.25. The molecule has 0 spiro atoms. The third kappa shape index (κ3) is 5.33. The molecule has 0 saturated carbocycles. The zero-order valence-corrected chi connectivity index (χ0v) is 18.0. The van der Waals surface area contributed by atoms with Gasteiger partial charge in [-0.05, 0) is 54.3 Å². The molecule has 0 radical (unpaired) electrons. The van der Waals surface area contributed by atoms with E-state index in [0.29, 0.717) is 11.4 Å². The third-order valence-corrected chi connectivity index (χ3v) is 6.13. The first-order chi connectivity index (χ1) is 12.9. The van der Waals surface area contributed by atoms with Crippen LogP contribution >= 0.6 is 0 Å². The summed E-state index contributed by atoms with van der Waals surface area (Å²) in [6.45, 7) is 8.06. The van der Waals surface area contributed by atoms with Crippen molar-refractivity contribution >= 4 is 21.6 Å². The molecular formula is C21H28N2O4S. The molecule has 0 aromatic heterocycles. The molecule has 152 valence electrons. The van der Waals surface area contributed by atoms with Crippen molar-refractivity contribution in [2.75, 3.05) is 19.4 Å². The van der Waals surface area contributed by atoms with Crippen molar-refractivity contribution in [1.29, 1.82) is 0 Å². The molecule has 7 heteroatoms. The van der Waals surface area contributed by atoms with Crippen LogP contribution < -0.4 is 10.1 Å². The quantitative estimate of drug-likeness (QED) is 0.798. The zero-order chi connectivity index (χ0) is 21.1. The van der Waals surface area contributed by atoms with Gasteiger partial charge >= 0.3 is 0 Å². The highest BCUT2D eigenvalue weighted by Gasteiger charge is 2.19. The minimum absolute atomic E-state index is 0.0494. The minimum atomic E-state index is -3.50. The summed E-state index contributed by atoms with van der Waals surface area (Å²) in [7, 11) is -0.557. The molecule has 0 heterocycles. The topological polar surface area (TPSA) is 75.7 Å². The molecule has 6 nitrogen and oxygen atoms in total. The molecule has 0 aliphatic rings. The van der Waals surface area contributed by atoms with Gasteiger partial charge in [-0.1, -0.05) is 32.9 Å². The van der Waals surface area contributed by atoms with Crippen LogP contribution in [0.1, 0.15) is 33.3 Å². The molecule has 2 aromatic rings. The van der Waals surface area contributed by atoms with Crippen LogP contribution in [-0.2, 0) is 20.2 Å². The van der Waals surface area contributed by atoms with Gasteiger partial charge in [0, 0.05) is 19.8 Å². The predicted octanol–water partition coefficient (Wildman–Crippen LogP) is 3.64. The lowest BCUT2D eigenvalue weighted by Crippen LogP contribution is -2.30. The molecule has 1 amide bonds. The Labute approximate surface area is 167 Å². The fourth-order valence-electron chi connectivity index (χ4n) is 2.46. The van der Waals surface area contributed by atoms with E-state index in [9.17, 15) is 13.2 Å². The number of sulfonamides is 1. The summed E-state index contributed by atoms with van der Waals surface area (Å²) in [5, 5.41) is 2.73. The van der Waals surface area contributed by atoms with Crippen LogP contribution in [0.25, 0.3) is 0 Å². The number of carbonyl (C=O) groups excluding carboxylic acids is 1. The maximum absolute atomic E-state index is 12.4. The van der Waals surface area contributed by atoms with E-state index >= 15 is 0 Å². The number of rotatable bonds is 6. The lowest BCUT2D eigenvalue weighted by Gasteiger charge is -2.20. The highest BCUT2D eigenvalue weighted by molar-refractivity contribution is 7.89. The number of hydrogen-bond acceptors (Lipinski definition) is 4. The van der Waals surface area contributed by atoms with E-state index in [1.807, 2.05) is 24.3 Å². The Hall–Kier alpha value is -2.38. The summed E-state index contributed by atoms with van der Waals surface area (Å²) in [6.07, 6.45) is -0.703. The number of hydrogen-bond donors (Lipinski definition) is 1. The van der Waals surface area contributed by atoms with Crippen molar-refractivity contribution in [1.82, 2.24) is 4.31 Å². The zero-order valence-electron chi connectivity index (χ0n) is 17.2. The Morgan fingerprint density at radius 3 is 2.00 bits per heavy atom. The van der Waals surface area contributed by atoms with Crippen molar-refractivity contribution in [3.05, 3.63) is 54.1 Å². The number of carbonyl (C=O) groups is 1. The minimum Gasteiger partial charge on any atom is -0.481 e. The number of benzene rings is 2. The van der Waals surface area contributed by atoms with Gasteiger partial charge in [0.25, 0.3) is 5.91 Å². The van der Waals surface area contributed by atoms with Gasteiger partial charge in [0.2, 0.25) is 10.0 Å². The number of ether oxygens (including phenoxy) is 1. The van der Waals surface area contributed by atoms with Crippen LogP contribution in [0.15, 0.2) is 53.4 Å². The lowest BCUT2D eigenvalue weighted by atomic mass is 9.87. The van der Waals surface area contributed by atoms with Crippen LogP contribution in [0.3, 0.4) is 0 Å². The van der Waals surface area contributed by atoms with Gasteiger partial charge < -0.3 is 10.1 Å². The molecule has 0 fully saturated rings. The Kier molecular flexibility index (Phi) is 6.52. The Morgan fingerprint density at radius 1 is 1.00 bits per heavy atom. The smallest absolute Gasteiger partial charge is 0.265 e. The summed E-state index contributed by atoms with van der Waals surface area (Å²) >= 11 is 0. The molecule has 0 unspecified atom stereocenters. The maximum atomic E-state index is 12.4. The Morgan fingerprint density at radius 2 is 1.54 bits per heavy atom. The van der Waals surface area contributed by atoms with Gasteiger partial charge in [0.15, 0.2) is 6.10 Å². The van der Waals surface area contributed by atoms with E-state index in [2.05, 4.69) is 26.1 Å². The monoisotopic (exact) mass is 404 g/mol. The lowest BCUT2D eigenvalue weighted by molar-refractivity contribution is -0.122. The van der Waals surface area contributed by atoms with Crippen LogP contribution in [0.4, 0.5) is 5.69 Å². The van der Waals surface area contributed by atoms with E-state index in [1.165, 1.54) is 31.8 Å².